The van der Waals surface area contributed by atoms with Crippen molar-refractivity contribution < 1.29 is 32.4 Å². The van der Waals surface area contributed by atoms with E-state index in [0.29, 0.717) is 31.0 Å². The number of phosphoric acid groups is 1. The Balaban J connectivity index is 1.54. The predicted molar refractivity (Wildman–Crippen MR) is 198 cm³/mol. The second kappa shape index (κ2) is 19.5. The first-order valence-corrected chi connectivity index (χ1v) is 19.0. The van der Waals surface area contributed by atoms with E-state index in [-0.39, 0.29) is 19.1 Å². The molecule has 3 aromatic rings. The highest BCUT2D eigenvalue weighted by atomic mass is 35.5. The van der Waals surface area contributed by atoms with Crippen molar-refractivity contribution in [1.29, 1.82) is 0 Å². The highest BCUT2D eigenvalue weighted by Gasteiger charge is 2.37. The van der Waals surface area contributed by atoms with Gasteiger partial charge in [-0.15, -0.1) is 0 Å². The number of carbonyl (C=O) groups excluding carboxylic acids is 1. The fourth-order valence-electron chi connectivity index (χ4n) is 5.10. The van der Waals surface area contributed by atoms with Crippen LogP contribution in [0.15, 0.2) is 72.8 Å². The first kappa shape index (κ1) is 40.6. The molecule has 3 rings (SSSR count). The van der Waals surface area contributed by atoms with E-state index in [1.165, 1.54) is 5.56 Å². The van der Waals surface area contributed by atoms with Gasteiger partial charge in [0.25, 0.3) is 0 Å². The minimum absolute atomic E-state index is 0.0139. The third-order valence-electron chi connectivity index (χ3n) is 7.34. The number of hydrogen-bond donors (Lipinski definition) is 0. The molecule has 0 heterocycles. The van der Waals surface area contributed by atoms with Crippen LogP contribution in [0.4, 0.5) is 0 Å². The van der Waals surface area contributed by atoms with Gasteiger partial charge in [0.05, 0.1) is 31.5 Å². The number of halogens is 1. The maximum Gasteiger partial charge on any atom is 0.475 e. The summed E-state index contributed by atoms with van der Waals surface area (Å²) < 4.78 is 42.1. The smallest absolute Gasteiger partial charge is 0.475 e. The first-order valence-electron chi connectivity index (χ1n) is 17.2. The number of methoxy groups -OCH3 is 1. The fraction of sp³-hybridized carbons (Fsp3) is 0.513. The van der Waals surface area contributed by atoms with E-state index in [0.717, 1.165) is 54.7 Å². The van der Waals surface area contributed by atoms with Crippen LogP contribution in [0.2, 0.25) is 5.02 Å². The number of hydrogen-bond acceptors (Lipinski definition) is 7. The van der Waals surface area contributed by atoms with Crippen LogP contribution in [0, 0.1) is 0 Å². The molecule has 0 unspecified atom stereocenters. The number of amides is 1. The Kier molecular flexibility index (Phi) is 16.1. The van der Waals surface area contributed by atoms with Gasteiger partial charge in [0.1, 0.15) is 11.5 Å². The van der Waals surface area contributed by atoms with Crippen LogP contribution in [0.5, 0.6) is 11.5 Å². The van der Waals surface area contributed by atoms with Crippen LogP contribution >= 0.6 is 19.4 Å². The van der Waals surface area contributed by atoms with Crippen molar-refractivity contribution in [3.63, 3.8) is 0 Å². The minimum Gasteiger partial charge on any atom is -0.497 e. The van der Waals surface area contributed by atoms with Crippen LogP contribution in [-0.4, -0.2) is 48.9 Å². The fourth-order valence-corrected chi connectivity index (χ4v) is 7.10. The average Bonchev–Trinajstić information content (AvgIpc) is 3.02. The SMILES string of the molecule is COc1ccc(CN(CCOP(=O)(OC(C)(C)C)OC(C)(C)C)C(=O)CCCCc2cc(OCCCCc3ccccc3)ccc2Cl)cc1. The molecule has 0 radical (unpaired) electrons. The van der Waals surface area contributed by atoms with Crippen molar-refractivity contribution in [2.45, 2.75) is 104 Å². The summed E-state index contributed by atoms with van der Waals surface area (Å²) in [4.78, 5) is 15.3. The minimum atomic E-state index is -3.91. The first-order chi connectivity index (χ1) is 23.1. The second-order valence-electron chi connectivity index (χ2n) is 14.1. The van der Waals surface area contributed by atoms with Crippen molar-refractivity contribution >= 4 is 25.3 Å². The lowest BCUT2D eigenvalue weighted by atomic mass is 10.1. The standard InChI is InChI=1S/C39H55ClNO7P/c1-38(2,3)47-49(43,48-39(4,5)6)46-28-26-41(30-32-20-22-34(44-7)23-21-32)37(42)19-12-11-18-33-29-35(24-25-36(33)40)45-27-14-13-17-31-15-9-8-10-16-31/h8-10,15-16,20-25,29H,11-14,17-19,26-28,30H2,1-7H3. The molecule has 1 amide bonds. The van der Waals surface area contributed by atoms with Gasteiger partial charge in [-0.3, -0.25) is 18.4 Å². The van der Waals surface area contributed by atoms with Gasteiger partial charge in [0, 0.05) is 24.5 Å². The molecular weight excluding hydrogens is 661 g/mol. The lowest BCUT2D eigenvalue weighted by Crippen LogP contribution is -2.34. The predicted octanol–water partition coefficient (Wildman–Crippen LogP) is 10.2. The monoisotopic (exact) mass is 715 g/mol. The maximum atomic E-state index is 13.6. The number of aryl methyl sites for hydroxylation is 2. The van der Waals surface area contributed by atoms with Gasteiger partial charge in [-0.1, -0.05) is 54.1 Å². The molecule has 0 saturated heterocycles. The van der Waals surface area contributed by atoms with Crippen molar-refractivity contribution in [3.05, 3.63) is 94.5 Å². The Bertz CT molecular complexity index is 1450. The molecule has 0 aliphatic carbocycles. The molecule has 0 aromatic heterocycles. The topological polar surface area (TPSA) is 83.5 Å². The van der Waals surface area contributed by atoms with E-state index in [1.54, 1.807) is 53.6 Å². The summed E-state index contributed by atoms with van der Waals surface area (Å²) in [5.41, 5.74) is 1.78. The third kappa shape index (κ3) is 16.1. The van der Waals surface area contributed by atoms with Crippen LogP contribution in [0.1, 0.15) is 90.3 Å². The zero-order valence-corrected chi connectivity index (χ0v) is 32.0. The quantitative estimate of drug-likeness (QED) is 0.0850. The molecule has 10 heteroatoms. The molecule has 0 bridgehead atoms. The Morgan fingerprint density at radius 3 is 2.02 bits per heavy atom. The third-order valence-corrected chi connectivity index (χ3v) is 9.75. The van der Waals surface area contributed by atoms with Gasteiger partial charge >= 0.3 is 7.82 Å². The van der Waals surface area contributed by atoms with Crippen LogP contribution in [0.25, 0.3) is 0 Å². The Hall–Kier alpha value is -2.87. The van der Waals surface area contributed by atoms with Crippen LogP contribution < -0.4 is 9.47 Å². The number of unbranched alkanes of at least 4 members (excludes halogenated alkanes) is 2. The number of ether oxygens (including phenoxy) is 2. The summed E-state index contributed by atoms with van der Waals surface area (Å²) in [5.74, 6) is 1.52. The Labute approximate surface area is 299 Å². The highest BCUT2D eigenvalue weighted by Crippen LogP contribution is 2.55. The summed E-state index contributed by atoms with van der Waals surface area (Å²) in [6, 6.07) is 23.9. The van der Waals surface area contributed by atoms with Crippen molar-refractivity contribution in [1.82, 2.24) is 4.90 Å². The molecule has 3 aromatic carbocycles. The van der Waals surface area contributed by atoms with E-state index in [1.807, 2.05) is 48.5 Å². The number of benzene rings is 3. The molecule has 0 N–H and O–H groups in total. The number of phosphoric ester groups is 1. The summed E-state index contributed by atoms with van der Waals surface area (Å²) in [7, 11) is -2.30. The molecule has 0 aliphatic heterocycles. The zero-order chi connectivity index (χ0) is 35.9. The molecule has 0 spiro atoms. The molecule has 270 valence electrons. The maximum absolute atomic E-state index is 13.6. The summed E-state index contributed by atoms with van der Waals surface area (Å²) in [6.07, 6.45) is 5.62. The lowest BCUT2D eigenvalue weighted by molar-refractivity contribution is -0.132. The molecule has 0 aliphatic rings. The second-order valence-corrected chi connectivity index (χ2v) is 16.0. The van der Waals surface area contributed by atoms with Crippen molar-refractivity contribution in [2.24, 2.45) is 0 Å². The lowest BCUT2D eigenvalue weighted by Gasteiger charge is -2.31. The summed E-state index contributed by atoms with van der Waals surface area (Å²) in [6.45, 7) is 12.0. The van der Waals surface area contributed by atoms with E-state index in [4.69, 9.17) is 34.6 Å². The number of rotatable bonds is 20. The van der Waals surface area contributed by atoms with Crippen LogP contribution in [0.3, 0.4) is 0 Å². The van der Waals surface area contributed by atoms with Crippen molar-refractivity contribution in [3.8, 4) is 11.5 Å². The van der Waals surface area contributed by atoms with Crippen molar-refractivity contribution in [2.75, 3.05) is 26.9 Å². The summed E-state index contributed by atoms with van der Waals surface area (Å²) in [5, 5.41) is 0.695. The molecular formula is C39H55ClNO7P. The largest absolute Gasteiger partial charge is 0.497 e. The van der Waals surface area contributed by atoms with E-state index in [2.05, 4.69) is 24.3 Å². The summed E-state index contributed by atoms with van der Waals surface area (Å²) >= 11 is 6.53. The highest BCUT2D eigenvalue weighted by molar-refractivity contribution is 7.48. The average molecular weight is 716 g/mol. The van der Waals surface area contributed by atoms with Gasteiger partial charge in [0.2, 0.25) is 5.91 Å². The van der Waals surface area contributed by atoms with Crippen LogP contribution in [-0.2, 0) is 42.3 Å². The normalized spacial score (nSPS) is 12.2. The molecule has 0 fully saturated rings. The van der Waals surface area contributed by atoms with Gasteiger partial charge in [0.15, 0.2) is 0 Å². The Morgan fingerprint density at radius 2 is 1.39 bits per heavy atom. The van der Waals surface area contributed by atoms with E-state index < -0.39 is 19.0 Å². The van der Waals surface area contributed by atoms with E-state index >= 15 is 0 Å². The molecule has 8 nitrogen and oxygen atoms in total. The van der Waals surface area contributed by atoms with Gasteiger partial charge in [-0.05, 0) is 127 Å². The van der Waals surface area contributed by atoms with Gasteiger partial charge < -0.3 is 14.4 Å². The number of carbonyl (C=O) groups is 1. The Morgan fingerprint density at radius 1 is 0.755 bits per heavy atom. The van der Waals surface area contributed by atoms with E-state index in [9.17, 15) is 9.36 Å². The zero-order valence-electron chi connectivity index (χ0n) is 30.3. The molecule has 0 atom stereocenters. The van der Waals surface area contributed by atoms with Gasteiger partial charge in [-0.25, -0.2) is 4.57 Å². The van der Waals surface area contributed by atoms with Gasteiger partial charge in [-0.2, -0.15) is 0 Å². The molecule has 0 saturated carbocycles. The number of nitrogens with zero attached hydrogens (tertiary/aromatic N) is 1. The molecule has 49 heavy (non-hydrogen) atoms.